The van der Waals surface area contributed by atoms with Crippen LogP contribution in [0.25, 0.3) is 5.65 Å². The highest BCUT2D eigenvalue weighted by atomic mass is 16.4. The second-order valence-corrected chi connectivity index (χ2v) is 7.73. The molecule has 0 fully saturated rings. The van der Waals surface area contributed by atoms with Crippen molar-refractivity contribution in [1.82, 2.24) is 19.8 Å². The molecule has 27 heavy (non-hydrogen) atoms. The number of fused-ring (bicyclic) bond motifs is 1. The molecule has 2 N–H and O–H groups in total. The van der Waals surface area contributed by atoms with E-state index in [1.54, 1.807) is 4.52 Å². The summed E-state index contributed by atoms with van der Waals surface area (Å²) in [7, 11) is 0. The Morgan fingerprint density at radius 3 is 2.56 bits per heavy atom. The van der Waals surface area contributed by atoms with Gasteiger partial charge in [-0.15, -0.1) is 15.3 Å². The SMILES string of the molecule is CC(C)(C)c1nnc2ccc(NC(CCC(=O)O)Cc3ccccc3)nn12. The van der Waals surface area contributed by atoms with Gasteiger partial charge in [0.1, 0.15) is 5.82 Å². The van der Waals surface area contributed by atoms with Crippen LogP contribution in [0.4, 0.5) is 5.82 Å². The molecule has 0 saturated heterocycles. The molecule has 0 spiro atoms. The van der Waals surface area contributed by atoms with Gasteiger partial charge in [0.2, 0.25) is 0 Å². The minimum Gasteiger partial charge on any atom is -0.481 e. The van der Waals surface area contributed by atoms with E-state index in [1.165, 1.54) is 0 Å². The number of carboxylic acid groups (broad SMARTS) is 1. The van der Waals surface area contributed by atoms with Gasteiger partial charge in [-0.05, 0) is 30.5 Å². The number of rotatable bonds is 7. The molecule has 0 saturated carbocycles. The zero-order chi connectivity index (χ0) is 19.4. The molecule has 0 radical (unpaired) electrons. The summed E-state index contributed by atoms with van der Waals surface area (Å²) < 4.78 is 1.75. The second kappa shape index (κ2) is 7.73. The van der Waals surface area contributed by atoms with Crippen LogP contribution in [0.15, 0.2) is 42.5 Å². The fraction of sp³-hybridized carbons (Fsp3) is 0.400. The highest BCUT2D eigenvalue weighted by Crippen LogP contribution is 2.21. The number of nitrogens with zero attached hydrogens (tertiary/aromatic N) is 4. The van der Waals surface area contributed by atoms with E-state index in [0.29, 0.717) is 17.9 Å². The van der Waals surface area contributed by atoms with E-state index >= 15 is 0 Å². The number of hydrogen-bond acceptors (Lipinski definition) is 5. The summed E-state index contributed by atoms with van der Waals surface area (Å²) in [6.07, 6.45) is 1.34. The van der Waals surface area contributed by atoms with Crippen LogP contribution in [0.5, 0.6) is 0 Å². The third kappa shape index (κ3) is 4.81. The third-order valence-corrected chi connectivity index (χ3v) is 4.32. The third-order valence-electron chi connectivity index (χ3n) is 4.32. The monoisotopic (exact) mass is 367 g/mol. The van der Waals surface area contributed by atoms with Gasteiger partial charge in [-0.1, -0.05) is 51.1 Å². The maximum atomic E-state index is 11.0. The van der Waals surface area contributed by atoms with Crippen molar-refractivity contribution in [3.8, 4) is 0 Å². The van der Waals surface area contributed by atoms with Crippen molar-refractivity contribution in [2.45, 2.75) is 51.5 Å². The molecule has 142 valence electrons. The predicted molar refractivity (Wildman–Crippen MR) is 104 cm³/mol. The van der Waals surface area contributed by atoms with Crippen LogP contribution in [0.3, 0.4) is 0 Å². The van der Waals surface area contributed by atoms with Crippen molar-refractivity contribution in [2.24, 2.45) is 0 Å². The van der Waals surface area contributed by atoms with Crippen molar-refractivity contribution in [1.29, 1.82) is 0 Å². The van der Waals surface area contributed by atoms with E-state index in [1.807, 2.05) is 42.5 Å². The van der Waals surface area contributed by atoms with Gasteiger partial charge >= 0.3 is 5.97 Å². The van der Waals surface area contributed by atoms with Gasteiger partial charge in [-0.2, -0.15) is 4.52 Å². The van der Waals surface area contributed by atoms with E-state index < -0.39 is 5.97 Å². The average Bonchev–Trinajstić information content (AvgIpc) is 3.04. The number of hydrogen-bond donors (Lipinski definition) is 2. The molecular weight excluding hydrogens is 342 g/mol. The molecule has 0 aliphatic rings. The van der Waals surface area contributed by atoms with E-state index in [9.17, 15) is 4.79 Å². The fourth-order valence-electron chi connectivity index (χ4n) is 2.96. The Kier molecular flexibility index (Phi) is 5.39. The van der Waals surface area contributed by atoms with Gasteiger partial charge in [0.25, 0.3) is 0 Å². The number of nitrogens with one attached hydrogen (secondary N) is 1. The summed E-state index contributed by atoms with van der Waals surface area (Å²) in [5.41, 5.74) is 1.66. The van der Waals surface area contributed by atoms with Crippen LogP contribution in [-0.2, 0) is 16.6 Å². The molecule has 1 unspecified atom stereocenters. The van der Waals surface area contributed by atoms with Crippen molar-refractivity contribution < 1.29 is 9.90 Å². The number of aromatic nitrogens is 4. The zero-order valence-corrected chi connectivity index (χ0v) is 15.9. The largest absolute Gasteiger partial charge is 0.481 e. The van der Waals surface area contributed by atoms with E-state index in [2.05, 4.69) is 41.4 Å². The van der Waals surface area contributed by atoms with E-state index in [0.717, 1.165) is 17.8 Å². The van der Waals surface area contributed by atoms with Gasteiger partial charge in [-0.3, -0.25) is 4.79 Å². The van der Waals surface area contributed by atoms with Gasteiger partial charge in [-0.25, -0.2) is 0 Å². The van der Waals surface area contributed by atoms with Crippen molar-refractivity contribution in [3.63, 3.8) is 0 Å². The predicted octanol–water partition coefficient (Wildman–Crippen LogP) is 3.31. The molecule has 1 atom stereocenters. The quantitative estimate of drug-likeness (QED) is 0.665. The first-order valence-corrected chi connectivity index (χ1v) is 9.08. The molecule has 7 heteroatoms. The van der Waals surface area contributed by atoms with Crippen molar-refractivity contribution in [3.05, 3.63) is 53.9 Å². The minimum atomic E-state index is -0.799. The number of anilines is 1. The molecule has 2 aromatic heterocycles. The van der Waals surface area contributed by atoms with E-state index in [-0.39, 0.29) is 17.9 Å². The zero-order valence-electron chi connectivity index (χ0n) is 15.9. The smallest absolute Gasteiger partial charge is 0.303 e. The lowest BCUT2D eigenvalue weighted by Gasteiger charge is -2.20. The second-order valence-electron chi connectivity index (χ2n) is 7.73. The molecular formula is C20H25N5O2. The van der Waals surface area contributed by atoms with Crippen LogP contribution in [-0.4, -0.2) is 36.9 Å². The lowest BCUT2D eigenvalue weighted by molar-refractivity contribution is -0.137. The first-order chi connectivity index (χ1) is 12.8. The molecule has 0 aliphatic heterocycles. The lowest BCUT2D eigenvalue weighted by Crippen LogP contribution is -2.25. The number of carboxylic acids is 1. The van der Waals surface area contributed by atoms with Crippen LogP contribution in [0.1, 0.15) is 45.0 Å². The standard InChI is InChI=1S/C20H25N5O2/c1-20(2,3)19-23-22-17-11-10-16(24-25(17)19)21-15(9-12-18(26)27)13-14-7-5-4-6-8-14/h4-8,10-11,15H,9,12-13H2,1-3H3,(H,21,24)(H,26,27). The topological polar surface area (TPSA) is 92.4 Å². The van der Waals surface area contributed by atoms with Crippen LogP contribution < -0.4 is 5.32 Å². The summed E-state index contributed by atoms with van der Waals surface area (Å²) in [5.74, 6) is 0.664. The first-order valence-electron chi connectivity index (χ1n) is 9.08. The molecule has 2 heterocycles. The van der Waals surface area contributed by atoms with Gasteiger partial charge in [0, 0.05) is 17.9 Å². The highest BCUT2D eigenvalue weighted by Gasteiger charge is 2.22. The van der Waals surface area contributed by atoms with Gasteiger partial charge in [0.05, 0.1) is 0 Å². The minimum absolute atomic E-state index is 0.0389. The number of aliphatic carboxylic acids is 1. The molecule has 1 aromatic carbocycles. The normalized spacial score (nSPS) is 12.9. The summed E-state index contributed by atoms with van der Waals surface area (Å²) in [5, 5.41) is 25.5. The number of benzene rings is 1. The van der Waals surface area contributed by atoms with Gasteiger partial charge in [0.15, 0.2) is 11.5 Å². The average molecular weight is 367 g/mol. The molecule has 0 bridgehead atoms. The summed E-state index contributed by atoms with van der Waals surface area (Å²) in [4.78, 5) is 11.0. The molecule has 0 aliphatic carbocycles. The van der Waals surface area contributed by atoms with Crippen LogP contribution in [0.2, 0.25) is 0 Å². The Morgan fingerprint density at radius 1 is 1.15 bits per heavy atom. The Labute approximate surface area is 158 Å². The summed E-state index contributed by atoms with van der Waals surface area (Å²) >= 11 is 0. The van der Waals surface area contributed by atoms with E-state index in [4.69, 9.17) is 5.11 Å². The molecule has 0 amide bonds. The maximum Gasteiger partial charge on any atom is 0.303 e. The van der Waals surface area contributed by atoms with Crippen molar-refractivity contribution in [2.75, 3.05) is 5.32 Å². The van der Waals surface area contributed by atoms with Crippen LogP contribution >= 0.6 is 0 Å². The Balaban J connectivity index is 1.84. The molecule has 3 aromatic rings. The van der Waals surface area contributed by atoms with Crippen LogP contribution in [0, 0.1) is 0 Å². The molecule has 3 rings (SSSR count). The first kappa shape index (κ1) is 18.8. The van der Waals surface area contributed by atoms with Gasteiger partial charge < -0.3 is 10.4 Å². The highest BCUT2D eigenvalue weighted by molar-refractivity contribution is 5.66. The summed E-state index contributed by atoms with van der Waals surface area (Å²) in [6, 6.07) is 13.7. The Morgan fingerprint density at radius 2 is 1.89 bits per heavy atom. The van der Waals surface area contributed by atoms with Crippen molar-refractivity contribution >= 4 is 17.4 Å². The fourth-order valence-corrected chi connectivity index (χ4v) is 2.96. The molecule has 7 nitrogen and oxygen atoms in total. The lowest BCUT2D eigenvalue weighted by atomic mass is 9.96. The Bertz CT molecular complexity index is 915. The summed E-state index contributed by atoms with van der Waals surface area (Å²) in [6.45, 7) is 6.20. The Hall–Kier alpha value is -2.96. The maximum absolute atomic E-state index is 11.0. The number of carbonyl (C=O) groups is 1.